The number of hydrogen-bond acceptors (Lipinski definition) is 8. The normalized spacial score (nSPS) is 11.9. The van der Waals surface area contributed by atoms with Gasteiger partial charge in [0.2, 0.25) is 16.9 Å². The van der Waals surface area contributed by atoms with Gasteiger partial charge in [-0.15, -0.1) is 10.2 Å². The van der Waals surface area contributed by atoms with E-state index in [1.165, 1.54) is 35.2 Å². The molecule has 0 aliphatic rings. The molecule has 10 nitrogen and oxygen atoms in total. The highest BCUT2D eigenvalue weighted by Crippen LogP contribution is 2.26. The van der Waals surface area contributed by atoms with E-state index in [-0.39, 0.29) is 11.6 Å². The van der Waals surface area contributed by atoms with Crippen molar-refractivity contribution in [1.82, 2.24) is 14.9 Å². The molecule has 26 heavy (non-hydrogen) atoms. The Labute approximate surface area is 151 Å². The first-order chi connectivity index (χ1) is 12.5. The molecule has 0 saturated heterocycles. The number of thioether (sulfide) groups is 1. The van der Waals surface area contributed by atoms with Crippen LogP contribution in [0.5, 0.6) is 0 Å². The van der Waals surface area contributed by atoms with Crippen LogP contribution in [0.15, 0.2) is 52.2 Å². The van der Waals surface area contributed by atoms with Crippen molar-refractivity contribution >= 4 is 29.0 Å². The first-order valence-corrected chi connectivity index (χ1v) is 8.30. The van der Waals surface area contributed by atoms with E-state index < -0.39 is 10.2 Å². The third kappa shape index (κ3) is 3.67. The van der Waals surface area contributed by atoms with Gasteiger partial charge in [0.15, 0.2) is 5.76 Å². The molecule has 11 heteroatoms. The van der Waals surface area contributed by atoms with Crippen LogP contribution in [-0.4, -0.2) is 31.0 Å². The average Bonchev–Trinajstić information content (AvgIpc) is 3.26. The second kappa shape index (κ2) is 7.27. The van der Waals surface area contributed by atoms with E-state index in [0.29, 0.717) is 22.4 Å². The van der Waals surface area contributed by atoms with Crippen molar-refractivity contribution in [2.75, 3.05) is 11.2 Å². The Hall–Kier alpha value is -3.34. The van der Waals surface area contributed by atoms with E-state index in [2.05, 4.69) is 15.5 Å². The molecule has 0 aliphatic heterocycles. The van der Waals surface area contributed by atoms with Gasteiger partial charge in [0.1, 0.15) is 0 Å². The SMILES string of the molecule is CC(Sc1nnc(-c2ccco2)n1N)C(=O)Nc1ccc([N+](=O)[O-])cc1. The minimum atomic E-state index is -0.527. The molecule has 0 saturated carbocycles. The fourth-order valence-electron chi connectivity index (χ4n) is 2.05. The predicted octanol–water partition coefficient (Wildman–Crippen LogP) is 2.28. The molecule has 3 aromatic rings. The molecule has 0 aliphatic carbocycles. The number of hydrogen-bond donors (Lipinski definition) is 2. The molecule has 1 atom stereocenters. The number of anilines is 1. The van der Waals surface area contributed by atoms with Gasteiger partial charge in [-0.2, -0.15) is 0 Å². The quantitative estimate of drug-likeness (QED) is 0.289. The van der Waals surface area contributed by atoms with Gasteiger partial charge in [-0.1, -0.05) is 11.8 Å². The van der Waals surface area contributed by atoms with E-state index in [1.807, 2.05) is 0 Å². The third-order valence-corrected chi connectivity index (χ3v) is 4.46. The summed E-state index contributed by atoms with van der Waals surface area (Å²) >= 11 is 1.13. The highest BCUT2D eigenvalue weighted by molar-refractivity contribution is 8.00. The van der Waals surface area contributed by atoms with Crippen molar-refractivity contribution in [2.45, 2.75) is 17.3 Å². The second-order valence-electron chi connectivity index (χ2n) is 5.21. The molecular formula is C15H14N6O4S. The Bertz CT molecular complexity index is 922. The molecule has 0 bridgehead atoms. The Balaban J connectivity index is 1.65. The Morgan fingerprint density at radius 3 is 2.69 bits per heavy atom. The first kappa shape index (κ1) is 17.5. The summed E-state index contributed by atoms with van der Waals surface area (Å²) in [7, 11) is 0. The molecule has 0 fully saturated rings. The van der Waals surface area contributed by atoms with Gasteiger partial charge in [-0.05, 0) is 31.2 Å². The van der Waals surface area contributed by atoms with Crippen molar-refractivity contribution in [1.29, 1.82) is 0 Å². The third-order valence-electron chi connectivity index (χ3n) is 3.40. The Kier molecular flexibility index (Phi) is 4.89. The largest absolute Gasteiger partial charge is 0.461 e. The van der Waals surface area contributed by atoms with Crippen LogP contribution in [0.25, 0.3) is 11.6 Å². The molecule has 1 unspecified atom stereocenters. The number of carbonyl (C=O) groups is 1. The first-order valence-electron chi connectivity index (χ1n) is 7.42. The fourth-order valence-corrected chi connectivity index (χ4v) is 2.82. The Morgan fingerprint density at radius 2 is 2.08 bits per heavy atom. The molecule has 134 valence electrons. The lowest BCUT2D eigenvalue weighted by Gasteiger charge is -2.11. The van der Waals surface area contributed by atoms with Crippen molar-refractivity contribution < 1.29 is 14.1 Å². The number of nitrogens with one attached hydrogen (secondary N) is 1. The minimum absolute atomic E-state index is 0.0490. The van der Waals surface area contributed by atoms with E-state index in [9.17, 15) is 14.9 Å². The van der Waals surface area contributed by atoms with Crippen LogP contribution in [0.1, 0.15) is 6.92 Å². The molecule has 2 heterocycles. The van der Waals surface area contributed by atoms with Gasteiger partial charge in [-0.3, -0.25) is 14.9 Å². The molecule has 3 N–H and O–H groups in total. The number of nitrogen functional groups attached to an aromatic ring is 1. The summed E-state index contributed by atoms with van der Waals surface area (Å²) in [4.78, 5) is 22.4. The fraction of sp³-hybridized carbons (Fsp3) is 0.133. The summed E-state index contributed by atoms with van der Waals surface area (Å²) in [6.45, 7) is 1.69. The van der Waals surface area contributed by atoms with Crippen LogP contribution in [0.3, 0.4) is 0 Å². The maximum Gasteiger partial charge on any atom is 0.269 e. The average molecular weight is 374 g/mol. The molecule has 0 radical (unpaired) electrons. The zero-order chi connectivity index (χ0) is 18.7. The van der Waals surface area contributed by atoms with Crippen molar-refractivity contribution in [3.8, 4) is 11.6 Å². The molecule has 1 aromatic carbocycles. The number of aromatic nitrogens is 3. The van der Waals surface area contributed by atoms with Gasteiger partial charge < -0.3 is 15.6 Å². The topological polar surface area (TPSA) is 142 Å². The van der Waals surface area contributed by atoms with Gasteiger partial charge in [-0.25, -0.2) is 4.68 Å². The highest BCUT2D eigenvalue weighted by atomic mass is 32.2. The van der Waals surface area contributed by atoms with Gasteiger partial charge >= 0.3 is 0 Å². The number of furan rings is 1. The number of nitrogens with zero attached hydrogens (tertiary/aromatic N) is 4. The van der Waals surface area contributed by atoms with Crippen molar-refractivity contribution in [3.63, 3.8) is 0 Å². The summed E-state index contributed by atoms with van der Waals surface area (Å²) < 4.78 is 6.48. The number of nitro groups is 1. The van der Waals surface area contributed by atoms with Crippen LogP contribution in [-0.2, 0) is 4.79 Å². The number of rotatable bonds is 6. The van der Waals surface area contributed by atoms with E-state index in [1.54, 1.807) is 19.1 Å². The van der Waals surface area contributed by atoms with Gasteiger partial charge in [0.05, 0.1) is 16.4 Å². The molecule has 0 spiro atoms. The van der Waals surface area contributed by atoms with Crippen LogP contribution >= 0.6 is 11.8 Å². The van der Waals surface area contributed by atoms with Crippen molar-refractivity contribution in [2.24, 2.45) is 0 Å². The number of nitro benzene ring substituents is 1. The van der Waals surface area contributed by atoms with Gasteiger partial charge in [0, 0.05) is 17.8 Å². The summed E-state index contributed by atoms with van der Waals surface area (Å²) in [5, 5.41) is 21.1. The predicted molar refractivity (Wildman–Crippen MR) is 94.9 cm³/mol. The zero-order valence-electron chi connectivity index (χ0n) is 13.5. The van der Waals surface area contributed by atoms with E-state index >= 15 is 0 Å². The van der Waals surface area contributed by atoms with Crippen LogP contribution in [0, 0.1) is 10.1 Å². The van der Waals surface area contributed by atoms with E-state index in [0.717, 1.165) is 11.8 Å². The number of carbonyl (C=O) groups excluding carboxylic acids is 1. The minimum Gasteiger partial charge on any atom is -0.461 e. The maximum absolute atomic E-state index is 12.3. The molecular weight excluding hydrogens is 360 g/mol. The number of benzene rings is 1. The highest BCUT2D eigenvalue weighted by Gasteiger charge is 2.21. The smallest absolute Gasteiger partial charge is 0.269 e. The number of amides is 1. The lowest BCUT2D eigenvalue weighted by atomic mass is 10.3. The summed E-state index contributed by atoms with van der Waals surface area (Å²) in [6, 6.07) is 8.98. The maximum atomic E-state index is 12.3. The lowest BCUT2D eigenvalue weighted by molar-refractivity contribution is -0.384. The van der Waals surface area contributed by atoms with Crippen LogP contribution in [0.2, 0.25) is 0 Å². The van der Waals surface area contributed by atoms with E-state index in [4.69, 9.17) is 10.3 Å². The molecule has 3 rings (SSSR count). The molecule has 2 aromatic heterocycles. The number of non-ortho nitro benzene ring substituents is 1. The van der Waals surface area contributed by atoms with Crippen molar-refractivity contribution in [3.05, 3.63) is 52.8 Å². The summed E-state index contributed by atoms with van der Waals surface area (Å²) in [5.41, 5.74) is 0.408. The molecule has 1 amide bonds. The summed E-state index contributed by atoms with van der Waals surface area (Å²) in [6.07, 6.45) is 1.50. The van der Waals surface area contributed by atoms with Crippen LogP contribution < -0.4 is 11.2 Å². The summed E-state index contributed by atoms with van der Waals surface area (Å²) in [5.74, 6) is 6.47. The standard InChI is InChI=1S/C15H14N6O4S/c1-9(14(22)17-10-4-6-11(7-5-10)21(23)24)26-15-19-18-13(20(15)16)12-3-2-8-25-12/h2-9H,16H2,1H3,(H,17,22). The second-order valence-corrected chi connectivity index (χ2v) is 6.51. The monoisotopic (exact) mass is 374 g/mol. The number of nitrogens with two attached hydrogens (primary N) is 1. The zero-order valence-corrected chi connectivity index (χ0v) is 14.3. The Morgan fingerprint density at radius 1 is 1.35 bits per heavy atom. The van der Waals surface area contributed by atoms with Crippen LogP contribution in [0.4, 0.5) is 11.4 Å². The lowest BCUT2D eigenvalue weighted by Crippen LogP contribution is -2.23. The van der Waals surface area contributed by atoms with Gasteiger partial charge in [0.25, 0.3) is 5.69 Å².